The first-order chi connectivity index (χ1) is 16.2. The number of H-pyrrole nitrogens is 1. The Balaban J connectivity index is 1.69. The van der Waals surface area contributed by atoms with Gasteiger partial charge in [0.2, 0.25) is 10.0 Å². The van der Waals surface area contributed by atoms with E-state index < -0.39 is 10.0 Å². The van der Waals surface area contributed by atoms with Gasteiger partial charge in [-0.2, -0.15) is 0 Å². The highest BCUT2D eigenvalue weighted by atomic mass is 32.2. The largest absolute Gasteiger partial charge is 0.365 e. The molecule has 1 saturated heterocycles. The number of sulfonamides is 1. The van der Waals surface area contributed by atoms with Crippen molar-refractivity contribution in [2.45, 2.75) is 50.5 Å². The summed E-state index contributed by atoms with van der Waals surface area (Å²) in [6, 6.07) is 5.16. The Morgan fingerprint density at radius 1 is 1.09 bits per heavy atom. The molecule has 1 aliphatic carbocycles. The molecule has 2 aromatic heterocycles. The highest BCUT2D eigenvalue weighted by Gasteiger charge is 2.27. The number of fused-ring (bicyclic) bond motifs is 1. The molecule has 2 N–H and O–H groups in total. The van der Waals surface area contributed by atoms with E-state index in [1.54, 1.807) is 19.1 Å². The zero-order valence-corrected chi connectivity index (χ0v) is 20.7. The number of likely N-dealkylation sites (N-methyl/N-ethyl adjacent to an activating group) is 1. The van der Waals surface area contributed by atoms with Crippen molar-refractivity contribution in [2.24, 2.45) is 0 Å². The van der Waals surface area contributed by atoms with E-state index in [-0.39, 0.29) is 16.5 Å². The Morgan fingerprint density at radius 2 is 1.79 bits per heavy atom. The lowest BCUT2D eigenvalue weighted by atomic mass is 10.0. The quantitative estimate of drug-likeness (QED) is 0.572. The number of nitrogens with zero attached hydrogens (tertiary/aromatic N) is 3. The molecule has 2 aliphatic rings. The molecule has 0 amide bonds. The summed E-state index contributed by atoms with van der Waals surface area (Å²) < 4.78 is 35.5. The van der Waals surface area contributed by atoms with Crippen LogP contribution in [-0.4, -0.2) is 62.7 Å². The van der Waals surface area contributed by atoms with Gasteiger partial charge in [0.1, 0.15) is 11.4 Å². The van der Waals surface area contributed by atoms with E-state index in [1.165, 1.54) is 0 Å². The number of nitrogens with one attached hydrogen (secondary N) is 2. The smallest absolute Gasteiger partial charge is 0.271 e. The summed E-state index contributed by atoms with van der Waals surface area (Å²) >= 11 is 0. The molecule has 3 heterocycles. The Bertz CT molecular complexity index is 1360. The minimum absolute atomic E-state index is 0.0670. The average molecular weight is 486 g/mol. The van der Waals surface area contributed by atoms with Crippen LogP contribution in [0.1, 0.15) is 37.1 Å². The molecule has 1 aliphatic heterocycles. The number of pyridine rings is 1. The number of rotatable bonds is 5. The third-order valence-corrected chi connectivity index (χ3v) is 8.60. The predicted molar refractivity (Wildman–Crippen MR) is 132 cm³/mol. The lowest BCUT2D eigenvalue weighted by Crippen LogP contribution is -2.46. The minimum Gasteiger partial charge on any atom is -0.365 e. The number of aromatic amines is 1. The molecule has 0 radical (unpaired) electrons. The third-order valence-electron chi connectivity index (χ3n) is 7.04. The van der Waals surface area contributed by atoms with Gasteiger partial charge in [-0.1, -0.05) is 18.0 Å². The number of hydrogen-bond donors (Lipinski definition) is 2. The fourth-order valence-corrected chi connectivity index (χ4v) is 6.68. The number of aromatic nitrogens is 2. The standard InChI is InChI=1S/C24H31N5O4S/c1-15-23(16(2)33-26-15)17-12-20-19(22(13-17)34(31,32)27-18-6-4-5-7-18)14-21(24(30)25-20)29-10-8-28(3)9-11-29/h12-14,18,27H,4-11H2,1-3H3,(H,25,30). The topological polar surface area (TPSA) is 112 Å². The SMILES string of the molecule is Cc1noc(C)c1-c1cc(S(=O)(=O)NC2CCCC2)c2cc(N3CCN(C)CC3)c(=O)[nH]c2c1. The number of anilines is 1. The van der Waals surface area contributed by atoms with Crippen molar-refractivity contribution >= 4 is 26.6 Å². The molecule has 34 heavy (non-hydrogen) atoms. The Kier molecular flexibility index (Phi) is 5.99. The number of piperazine rings is 1. The molecule has 1 aromatic carbocycles. The molecule has 182 valence electrons. The predicted octanol–water partition coefficient (Wildman–Crippen LogP) is 2.77. The van der Waals surface area contributed by atoms with Crippen molar-refractivity contribution in [1.29, 1.82) is 0 Å². The molecule has 10 heteroatoms. The molecule has 0 unspecified atom stereocenters. The first kappa shape index (κ1) is 23.1. The van der Waals surface area contributed by atoms with Gasteiger partial charge >= 0.3 is 0 Å². The van der Waals surface area contributed by atoms with Crippen LogP contribution < -0.4 is 15.2 Å². The van der Waals surface area contributed by atoms with E-state index in [4.69, 9.17) is 4.52 Å². The molecule has 0 bridgehead atoms. The molecule has 3 aromatic rings. The van der Waals surface area contributed by atoms with E-state index in [0.29, 0.717) is 46.7 Å². The molecular formula is C24H31N5O4S. The van der Waals surface area contributed by atoms with Crippen molar-refractivity contribution in [3.05, 3.63) is 40.0 Å². The van der Waals surface area contributed by atoms with Crippen LogP contribution in [0.2, 0.25) is 0 Å². The van der Waals surface area contributed by atoms with Crippen molar-refractivity contribution in [3.63, 3.8) is 0 Å². The van der Waals surface area contributed by atoms with Gasteiger partial charge in [0.25, 0.3) is 5.56 Å². The van der Waals surface area contributed by atoms with Gasteiger partial charge in [0, 0.05) is 43.2 Å². The summed E-state index contributed by atoms with van der Waals surface area (Å²) in [6.45, 7) is 6.73. The van der Waals surface area contributed by atoms with E-state index in [2.05, 4.69) is 26.8 Å². The summed E-state index contributed by atoms with van der Waals surface area (Å²) in [7, 11) is -1.78. The summed E-state index contributed by atoms with van der Waals surface area (Å²) in [5, 5.41) is 4.53. The van der Waals surface area contributed by atoms with E-state index in [0.717, 1.165) is 44.3 Å². The zero-order chi connectivity index (χ0) is 24.0. The van der Waals surface area contributed by atoms with Crippen LogP contribution in [-0.2, 0) is 10.0 Å². The molecule has 0 atom stereocenters. The normalized spacial score (nSPS) is 18.3. The van der Waals surface area contributed by atoms with Crippen LogP contribution in [0.4, 0.5) is 5.69 Å². The van der Waals surface area contributed by atoms with Crippen molar-refractivity contribution in [2.75, 3.05) is 38.1 Å². The van der Waals surface area contributed by atoms with Gasteiger partial charge in [-0.15, -0.1) is 0 Å². The van der Waals surface area contributed by atoms with E-state index >= 15 is 0 Å². The minimum atomic E-state index is -3.83. The zero-order valence-electron chi connectivity index (χ0n) is 19.8. The second kappa shape index (κ2) is 8.83. The maximum absolute atomic E-state index is 13.6. The summed E-state index contributed by atoms with van der Waals surface area (Å²) in [5.74, 6) is 0.598. The fourth-order valence-electron chi connectivity index (χ4n) is 5.14. The maximum atomic E-state index is 13.6. The van der Waals surface area contributed by atoms with Crippen LogP contribution >= 0.6 is 0 Å². The summed E-state index contributed by atoms with van der Waals surface area (Å²) in [4.78, 5) is 20.4. The third kappa shape index (κ3) is 4.25. The van der Waals surface area contributed by atoms with E-state index in [9.17, 15) is 13.2 Å². The van der Waals surface area contributed by atoms with Gasteiger partial charge < -0.3 is 19.3 Å². The highest BCUT2D eigenvalue weighted by molar-refractivity contribution is 7.89. The first-order valence-corrected chi connectivity index (χ1v) is 13.3. The maximum Gasteiger partial charge on any atom is 0.271 e. The second-order valence-electron chi connectivity index (χ2n) is 9.51. The number of aryl methyl sites for hydroxylation is 2. The summed E-state index contributed by atoms with van der Waals surface area (Å²) in [5.41, 5.74) is 2.82. The average Bonchev–Trinajstić information content (AvgIpc) is 3.42. The van der Waals surface area contributed by atoms with Gasteiger partial charge in [-0.05, 0) is 57.5 Å². The Morgan fingerprint density at radius 3 is 2.44 bits per heavy atom. The van der Waals surface area contributed by atoms with Crippen molar-refractivity contribution in [3.8, 4) is 11.1 Å². The van der Waals surface area contributed by atoms with Gasteiger partial charge in [0.15, 0.2) is 0 Å². The lowest BCUT2D eigenvalue weighted by molar-refractivity contribution is 0.312. The highest BCUT2D eigenvalue weighted by Crippen LogP contribution is 2.34. The summed E-state index contributed by atoms with van der Waals surface area (Å²) in [6.07, 6.45) is 3.72. The first-order valence-electron chi connectivity index (χ1n) is 11.8. The van der Waals surface area contributed by atoms with Crippen LogP contribution in [0.3, 0.4) is 0 Å². The molecular weight excluding hydrogens is 454 g/mol. The number of benzene rings is 1. The van der Waals surface area contributed by atoms with Gasteiger partial charge in [0.05, 0.1) is 16.1 Å². The van der Waals surface area contributed by atoms with Gasteiger partial charge in [-0.25, -0.2) is 13.1 Å². The van der Waals surface area contributed by atoms with Gasteiger partial charge in [-0.3, -0.25) is 4.79 Å². The molecule has 1 saturated carbocycles. The van der Waals surface area contributed by atoms with Crippen LogP contribution in [0.5, 0.6) is 0 Å². The van der Waals surface area contributed by atoms with Crippen molar-refractivity contribution in [1.82, 2.24) is 19.8 Å². The molecule has 9 nitrogen and oxygen atoms in total. The molecule has 5 rings (SSSR count). The monoisotopic (exact) mass is 485 g/mol. The van der Waals surface area contributed by atoms with Crippen LogP contribution in [0.15, 0.2) is 32.4 Å². The van der Waals surface area contributed by atoms with Crippen molar-refractivity contribution < 1.29 is 12.9 Å². The molecule has 0 spiro atoms. The van der Waals surface area contributed by atoms with Crippen LogP contribution in [0, 0.1) is 13.8 Å². The number of hydrogen-bond acceptors (Lipinski definition) is 7. The Labute approximate surface area is 199 Å². The lowest BCUT2D eigenvalue weighted by Gasteiger charge is -2.33. The van der Waals surface area contributed by atoms with Crippen LogP contribution in [0.25, 0.3) is 22.0 Å². The van der Waals surface area contributed by atoms with E-state index in [1.807, 2.05) is 17.9 Å². The second-order valence-corrected chi connectivity index (χ2v) is 11.2. The Hall–Kier alpha value is -2.69. The fraction of sp³-hybridized carbons (Fsp3) is 0.500. The molecule has 2 fully saturated rings.